The zero-order chi connectivity index (χ0) is 14.0. The standard InChI is InChI=1S/C14H18BrFN2O/c1-17(2)11-4-3-7-18(9-11)14(19)10-5-6-12(15)13(16)8-10/h5-6,8,11H,3-4,7,9H2,1-2H3/t11-/m0/s1. The van der Waals surface area contributed by atoms with Crippen molar-refractivity contribution in [1.29, 1.82) is 0 Å². The van der Waals surface area contributed by atoms with Crippen LogP contribution in [0, 0.1) is 5.82 Å². The second kappa shape index (κ2) is 6.01. The summed E-state index contributed by atoms with van der Waals surface area (Å²) < 4.78 is 13.9. The van der Waals surface area contributed by atoms with E-state index < -0.39 is 5.82 Å². The van der Waals surface area contributed by atoms with E-state index in [2.05, 4.69) is 20.8 Å². The molecule has 0 saturated carbocycles. The van der Waals surface area contributed by atoms with Crippen LogP contribution in [0.15, 0.2) is 22.7 Å². The van der Waals surface area contributed by atoms with Gasteiger partial charge in [0, 0.05) is 24.7 Å². The van der Waals surface area contributed by atoms with Gasteiger partial charge in [-0.1, -0.05) is 0 Å². The van der Waals surface area contributed by atoms with Crippen LogP contribution < -0.4 is 0 Å². The van der Waals surface area contributed by atoms with E-state index in [-0.39, 0.29) is 5.91 Å². The van der Waals surface area contributed by atoms with Crippen LogP contribution >= 0.6 is 15.9 Å². The normalized spacial score (nSPS) is 19.8. The minimum atomic E-state index is -0.396. The molecule has 1 aliphatic rings. The van der Waals surface area contributed by atoms with Gasteiger partial charge in [-0.25, -0.2) is 4.39 Å². The quantitative estimate of drug-likeness (QED) is 0.833. The summed E-state index contributed by atoms with van der Waals surface area (Å²) in [5.41, 5.74) is 0.417. The molecule has 2 rings (SSSR count). The van der Waals surface area contributed by atoms with Crippen molar-refractivity contribution in [3.63, 3.8) is 0 Å². The first kappa shape index (κ1) is 14.5. The summed E-state index contributed by atoms with van der Waals surface area (Å²) in [5.74, 6) is -0.482. The molecule has 0 N–H and O–H groups in total. The molecule has 0 spiro atoms. The van der Waals surface area contributed by atoms with E-state index in [0.29, 0.717) is 22.6 Å². The van der Waals surface area contributed by atoms with Gasteiger partial charge in [-0.15, -0.1) is 0 Å². The zero-order valence-electron chi connectivity index (χ0n) is 11.2. The Balaban J connectivity index is 2.12. The molecule has 3 nitrogen and oxygen atoms in total. The summed E-state index contributed by atoms with van der Waals surface area (Å²) in [4.78, 5) is 16.3. The van der Waals surface area contributed by atoms with Gasteiger partial charge in [0.15, 0.2) is 0 Å². The van der Waals surface area contributed by atoms with Crippen molar-refractivity contribution < 1.29 is 9.18 Å². The first-order valence-electron chi connectivity index (χ1n) is 6.40. The Morgan fingerprint density at radius 3 is 2.84 bits per heavy atom. The third-order valence-corrected chi connectivity index (χ3v) is 4.22. The van der Waals surface area contributed by atoms with Gasteiger partial charge in [0.2, 0.25) is 0 Å². The largest absolute Gasteiger partial charge is 0.337 e. The summed E-state index contributed by atoms with van der Waals surface area (Å²) in [6.07, 6.45) is 2.10. The molecule has 1 saturated heterocycles. The zero-order valence-corrected chi connectivity index (χ0v) is 12.8. The smallest absolute Gasteiger partial charge is 0.254 e. The lowest BCUT2D eigenvalue weighted by Gasteiger charge is -2.36. The number of likely N-dealkylation sites (N-methyl/N-ethyl adjacent to an activating group) is 1. The molecule has 1 atom stereocenters. The summed E-state index contributed by atoms with van der Waals surface area (Å²) >= 11 is 3.10. The monoisotopic (exact) mass is 328 g/mol. The first-order valence-corrected chi connectivity index (χ1v) is 7.19. The van der Waals surface area contributed by atoms with E-state index in [1.54, 1.807) is 12.1 Å². The molecule has 5 heteroatoms. The number of halogens is 2. The number of carbonyl (C=O) groups excluding carboxylic acids is 1. The van der Waals surface area contributed by atoms with Gasteiger partial charge < -0.3 is 9.80 Å². The molecule has 104 valence electrons. The molecular formula is C14H18BrFN2O. The highest BCUT2D eigenvalue weighted by Gasteiger charge is 2.25. The number of nitrogens with zero attached hydrogens (tertiary/aromatic N) is 2. The lowest BCUT2D eigenvalue weighted by molar-refractivity contribution is 0.0634. The molecule has 0 aromatic heterocycles. The van der Waals surface area contributed by atoms with Gasteiger partial charge in [-0.05, 0) is 61.1 Å². The third kappa shape index (κ3) is 3.34. The highest BCUT2D eigenvalue weighted by Crippen LogP contribution is 2.20. The Hall–Kier alpha value is -0.940. The van der Waals surface area contributed by atoms with Gasteiger partial charge in [0.25, 0.3) is 5.91 Å². The van der Waals surface area contributed by atoms with Crippen LogP contribution in [0.4, 0.5) is 4.39 Å². The molecule has 1 heterocycles. The van der Waals surface area contributed by atoms with Crippen molar-refractivity contribution in [1.82, 2.24) is 9.80 Å². The van der Waals surface area contributed by atoms with Crippen LogP contribution in [-0.4, -0.2) is 48.9 Å². The van der Waals surface area contributed by atoms with Crippen molar-refractivity contribution in [2.75, 3.05) is 27.2 Å². The number of rotatable bonds is 2. The second-order valence-electron chi connectivity index (χ2n) is 5.14. The topological polar surface area (TPSA) is 23.6 Å². The molecule has 1 aromatic rings. The number of piperidine rings is 1. The van der Waals surface area contributed by atoms with Crippen molar-refractivity contribution in [3.8, 4) is 0 Å². The minimum absolute atomic E-state index is 0.0852. The van der Waals surface area contributed by atoms with Crippen LogP contribution in [0.3, 0.4) is 0 Å². The molecule has 0 aliphatic carbocycles. The van der Waals surface area contributed by atoms with Crippen LogP contribution in [0.5, 0.6) is 0 Å². The molecule has 1 amide bonds. The Morgan fingerprint density at radius 1 is 1.47 bits per heavy atom. The average Bonchev–Trinajstić information content (AvgIpc) is 2.41. The molecular weight excluding hydrogens is 311 g/mol. The number of hydrogen-bond donors (Lipinski definition) is 0. The maximum atomic E-state index is 13.5. The fraction of sp³-hybridized carbons (Fsp3) is 0.500. The SMILES string of the molecule is CN(C)[C@H]1CCCN(C(=O)c2ccc(Br)c(F)c2)C1. The highest BCUT2D eigenvalue weighted by molar-refractivity contribution is 9.10. The maximum absolute atomic E-state index is 13.5. The molecule has 1 fully saturated rings. The van der Waals surface area contributed by atoms with Crippen molar-refractivity contribution in [3.05, 3.63) is 34.1 Å². The summed E-state index contributed by atoms with van der Waals surface area (Å²) in [6, 6.07) is 4.93. The number of benzene rings is 1. The second-order valence-corrected chi connectivity index (χ2v) is 5.99. The predicted molar refractivity (Wildman–Crippen MR) is 76.7 cm³/mol. The lowest BCUT2D eigenvalue weighted by Crippen LogP contribution is -2.47. The van der Waals surface area contributed by atoms with E-state index in [0.717, 1.165) is 19.4 Å². The Labute approximate surface area is 121 Å². The number of likely N-dealkylation sites (tertiary alicyclic amines) is 1. The van der Waals surface area contributed by atoms with Crippen LogP contribution in [0.1, 0.15) is 23.2 Å². The van der Waals surface area contributed by atoms with E-state index >= 15 is 0 Å². The van der Waals surface area contributed by atoms with Gasteiger partial charge in [-0.2, -0.15) is 0 Å². The molecule has 0 bridgehead atoms. The van der Waals surface area contributed by atoms with Gasteiger partial charge in [-0.3, -0.25) is 4.79 Å². The maximum Gasteiger partial charge on any atom is 0.254 e. The summed E-state index contributed by atoms with van der Waals surface area (Å²) in [6.45, 7) is 1.46. The van der Waals surface area contributed by atoms with Gasteiger partial charge in [0.1, 0.15) is 5.82 Å². The van der Waals surface area contributed by atoms with Crippen LogP contribution in [0.25, 0.3) is 0 Å². The molecule has 19 heavy (non-hydrogen) atoms. The molecule has 1 aromatic carbocycles. The molecule has 0 radical (unpaired) electrons. The number of carbonyl (C=O) groups is 1. The van der Waals surface area contributed by atoms with Gasteiger partial charge in [0.05, 0.1) is 4.47 Å². The van der Waals surface area contributed by atoms with E-state index in [4.69, 9.17) is 0 Å². The molecule has 0 unspecified atom stereocenters. The fourth-order valence-corrected chi connectivity index (χ4v) is 2.62. The first-order chi connectivity index (χ1) is 8.99. The number of hydrogen-bond acceptors (Lipinski definition) is 2. The van der Waals surface area contributed by atoms with E-state index in [1.807, 2.05) is 19.0 Å². The van der Waals surface area contributed by atoms with Gasteiger partial charge >= 0.3 is 0 Å². The average molecular weight is 329 g/mol. The third-order valence-electron chi connectivity index (χ3n) is 3.58. The summed E-state index contributed by atoms with van der Waals surface area (Å²) in [7, 11) is 4.05. The fourth-order valence-electron chi connectivity index (χ4n) is 2.37. The predicted octanol–water partition coefficient (Wildman–Crippen LogP) is 2.75. The Bertz CT molecular complexity index is 479. The Morgan fingerprint density at radius 2 is 2.21 bits per heavy atom. The molecule has 1 aliphatic heterocycles. The highest BCUT2D eigenvalue weighted by atomic mass is 79.9. The van der Waals surface area contributed by atoms with E-state index in [1.165, 1.54) is 6.07 Å². The van der Waals surface area contributed by atoms with E-state index in [9.17, 15) is 9.18 Å². The number of amides is 1. The van der Waals surface area contributed by atoms with Crippen molar-refractivity contribution >= 4 is 21.8 Å². The van der Waals surface area contributed by atoms with Crippen molar-refractivity contribution in [2.24, 2.45) is 0 Å². The lowest BCUT2D eigenvalue weighted by atomic mass is 10.0. The van der Waals surface area contributed by atoms with Crippen LogP contribution in [0.2, 0.25) is 0 Å². The van der Waals surface area contributed by atoms with Crippen molar-refractivity contribution in [2.45, 2.75) is 18.9 Å². The minimum Gasteiger partial charge on any atom is -0.337 e. The Kier molecular flexibility index (Phi) is 4.58. The summed E-state index contributed by atoms with van der Waals surface area (Å²) in [5, 5.41) is 0. The van der Waals surface area contributed by atoms with Crippen LogP contribution in [-0.2, 0) is 0 Å².